The fourth-order valence-corrected chi connectivity index (χ4v) is 2.25. The Morgan fingerprint density at radius 2 is 1.94 bits per heavy atom. The van der Waals surface area contributed by atoms with Crippen LogP contribution in [0.3, 0.4) is 0 Å². The number of rotatable bonds is 2. The molecule has 18 heavy (non-hydrogen) atoms. The number of nitrogens with zero attached hydrogens (tertiary/aromatic N) is 2. The summed E-state index contributed by atoms with van der Waals surface area (Å²) in [5, 5.41) is 1.16. The maximum atomic E-state index is 5.67. The molecular weight excluding hydrogens is 226 g/mol. The molecule has 0 aliphatic carbocycles. The van der Waals surface area contributed by atoms with E-state index in [0.717, 1.165) is 48.6 Å². The minimum atomic E-state index is 0.555. The summed E-state index contributed by atoms with van der Waals surface area (Å²) in [6.45, 7) is 3.94. The number of benzene rings is 1. The lowest BCUT2D eigenvalue weighted by Gasteiger charge is -2.27. The van der Waals surface area contributed by atoms with Crippen LogP contribution < -0.4 is 10.6 Å². The van der Waals surface area contributed by atoms with Crippen LogP contribution in [0.25, 0.3) is 10.9 Å². The molecule has 0 radical (unpaired) electrons. The van der Waals surface area contributed by atoms with Gasteiger partial charge in [-0.2, -0.15) is 0 Å². The lowest BCUT2D eigenvalue weighted by Crippen LogP contribution is -2.36. The van der Waals surface area contributed by atoms with E-state index in [-0.39, 0.29) is 0 Å². The van der Waals surface area contributed by atoms with E-state index in [4.69, 9.17) is 15.5 Å². The second kappa shape index (κ2) is 4.92. The lowest BCUT2D eigenvalue weighted by molar-refractivity contribution is 0.122. The number of anilines is 1. The van der Waals surface area contributed by atoms with Gasteiger partial charge in [0.15, 0.2) is 0 Å². The fraction of sp³-hybridized carbons (Fsp3) is 0.357. The van der Waals surface area contributed by atoms with Crippen molar-refractivity contribution in [3.8, 4) is 0 Å². The van der Waals surface area contributed by atoms with E-state index in [1.54, 1.807) is 0 Å². The summed E-state index contributed by atoms with van der Waals surface area (Å²) in [6, 6.07) is 10.4. The van der Waals surface area contributed by atoms with Gasteiger partial charge in [0.2, 0.25) is 0 Å². The Labute approximate surface area is 106 Å². The van der Waals surface area contributed by atoms with Gasteiger partial charge >= 0.3 is 0 Å². The van der Waals surface area contributed by atoms with Crippen LogP contribution in [-0.2, 0) is 11.3 Å². The lowest BCUT2D eigenvalue weighted by atomic mass is 10.1. The van der Waals surface area contributed by atoms with E-state index >= 15 is 0 Å². The first kappa shape index (κ1) is 11.4. The second-order valence-corrected chi connectivity index (χ2v) is 4.50. The summed E-state index contributed by atoms with van der Waals surface area (Å²) >= 11 is 0. The summed E-state index contributed by atoms with van der Waals surface area (Å²) < 4.78 is 5.36. The summed E-state index contributed by atoms with van der Waals surface area (Å²) in [7, 11) is 0. The van der Waals surface area contributed by atoms with Gasteiger partial charge in [-0.15, -0.1) is 0 Å². The molecule has 0 amide bonds. The highest BCUT2D eigenvalue weighted by Gasteiger charge is 2.12. The zero-order valence-electron chi connectivity index (χ0n) is 10.3. The molecule has 3 rings (SSSR count). The zero-order chi connectivity index (χ0) is 12.4. The molecular formula is C14H17N3O. The first-order chi connectivity index (χ1) is 8.86. The molecule has 4 nitrogen and oxygen atoms in total. The topological polar surface area (TPSA) is 51.4 Å². The van der Waals surface area contributed by atoms with Gasteiger partial charge in [0.05, 0.1) is 18.7 Å². The number of ether oxygens (including phenoxy) is 1. The van der Waals surface area contributed by atoms with Crippen LogP contribution in [0.2, 0.25) is 0 Å². The maximum absolute atomic E-state index is 5.67. The molecule has 0 saturated carbocycles. The third kappa shape index (κ3) is 2.17. The van der Waals surface area contributed by atoms with Crippen molar-refractivity contribution in [2.75, 3.05) is 31.2 Å². The van der Waals surface area contributed by atoms with Gasteiger partial charge in [-0.1, -0.05) is 12.1 Å². The smallest absolute Gasteiger partial charge is 0.129 e. The first-order valence-corrected chi connectivity index (χ1v) is 6.29. The standard InChI is InChI=1S/C14H17N3O/c15-10-11-1-2-12-3-4-14(16-13(12)9-11)17-5-7-18-8-6-17/h1-4,9H,5-8,10,15H2. The third-order valence-corrected chi connectivity index (χ3v) is 3.31. The Morgan fingerprint density at radius 1 is 1.17 bits per heavy atom. The van der Waals surface area contributed by atoms with E-state index < -0.39 is 0 Å². The molecule has 2 N–H and O–H groups in total. The highest BCUT2D eigenvalue weighted by atomic mass is 16.5. The van der Waals surface area contributed by atoms with Gasteiger partial charge in [0.25, 0.3) is 0 Å². The first-order valence-electron chi connectivity index (χ1n) is 6.29. The number of pyridine rings is 1. The minimum Gasteiger partial charge on any atom is -0.378 e. The Hall–Kier alpha value is -1.65. The van der Waals surface area contributed by atoms with E-state index in [1.165, 1.54) is 0 Å². The van der Waals surface area contributed by atoms with E-state index in [0.29, 0.717) is 6.54 Å². The van der Waals surface area contributed by atoms with Gasteiger partial charge < -0.3 is 15.4 Å². The predicted octanol–water partition coefficient (Wildman–Crippen LogP) is 1.53. The molecule has 1 aromatic heterocycles. The molecule has 4 heteroatoms. The molecule has 1 saturated heterocycles. The van der Waals surface area contributed by atoms with E-state index in [9.17, 15) is 0 Å². The summed E-state index contributed by atoms with van der Waals surface area (Å²) in [5.74, 6) is 1.03. The molecule has 0 unspecified atom stereocenters. The molecule has 1 fully saturated rings. The van der Waals surface area contributed by atoms with Crippen LogP contribution in [0.4, 0.5) is 5.82 Å². The zero-order valence-corrected chi connectivity index (χ0v) is 10.3. The number of fused-ring (bicyclic) bond motifs is 1. The number of aromatic nitrogens is 1. The maximum Gasteiger partial charge on any atom is 0.129 e. The molecule has 2 aromatic rings. The number of nitrogens with two attached hydrogens (primary N) is 1. The molecule has 0 bridgehead atoms. The quantitative estimate of drug-likeness (QED) is 0.869. The van der Waals surface area contributed by atoms with Crippen LogP contribution in [0.15, 0.2) is 30.3 Å². The van der Waals surface area contributed by atoms with Crippen molar-refractivity contribution in [3.05, 3.63) is 35.9 Å². The number of hydrogen-bond donors (Lipinski definition) is 1. The van der Waals surface area contributed by atoms with Crippen LogP contribution >= 0.6 is 0 Å². The van der Waals surface area contributed by atoms with Gasteiger partial charge in [0.1, 0.15) is 5.82 Å². The minimum absolute atomic E-state index is 0.555. The molecule has 1 aliphatic heterocycles. The van der Waals surface area contributed by atoms with Gasteiger partial charge in [-0.25, -0.2) is 4.98 Å². The van der Waals surface area contributed by atoms with Crippen LogP contribution in [0, 0.1) is 0 Å². The van der Waals surface area contributed by atoms with E-state index in [1.807, 2.05) is 0 Å². The molecule has 94 valence electrons. The summed E-state index contributed by atoms with van der Waals surface area (Å²) in [4.78, 5) is 6.98. The Morgan fingerprint density at radius 3 is 2.72 bits per heavy atom. The van der Waals surface area contributed by atoms with Crippen molar-refractivity contribution in [1.82, 2.24) is 4.98 Å². The van der Waals surface area contributed by atoms with Crippen LogP contribution in [0.5, 0.6) is 0 Å². The monoisotopic (exact) mass is 243 g/mol. The number of hydrogen-bond acceptors (Lipinski definition) is 4. The molecule has 0 atom stereocenters. The van der Waals surface area contributed by atoms with Crippen molar-refractivity contribution < 1.29 is 4.74 Å². The Balaban J connectivity index is 1.97. The second-order valence-electron chi connectivity index (χ2n) is 4.50. The predicted molar refractivity (Wildman–Crippen MR) is 72.7 cm³/mol. The highest BCUT2D eigenvalue weighted by Crippen LogP contribution is 2.20. The van der Waals surface area contributed by atoms with Crippen LogP contribution in [0.1, 0.15) is 5.56 Å². The van der Waals surface area contributed by atoms with Gasteiger partial charge in [-0.3, -0.25) is 0 Å². The average molecular weight is 243 g/mol. The van der Waals surface area contributed by atoms with Crippen molar-refractivity contribution in [3.63, 3.8) is 0 Å². The fourth-order valence-electron chi connectivity index (χ4n) is 2.25. The van der Waals surface area contributed by atoms with Crippen LogP contribution in [-0.4, -0.2) is 31.3 Å². The molecule has 1 aliphatic rings. The highest BCUT2D eigenvalue weighted by molar-refractivity contribution is 5.81. The molecule has 1 aromatic carbocycles. The molecule has 0 spiro atoms. The third-order valence-electron chi connectivity index (χ3n) is 3.31. The van der Waals surface area contributed by atoms with Gasteiger partial charge in [0, 0.05) is 25.0 Å². The SMILES string of the molecule is NCc1ccc2ccc(N3CCOCC3)nc2c1. The van der Waals surface area contributed by atoms with Gasteiger partial charge in [-0.05, 0) is 23.8 Å². The Bertz CT molecular complexity index is 550. The molecule has 2 heterocycles. The van der Waals surface area contributed by atoms with Crippen molar-refractivity contribution >= 4 is 16.7 Å². The summed E-state index contributed by atoms with van der Waals surface area (Å²) in [5.41, 5.74) is 7.80. The van der Waals surface area contributed by atoms with E-state index in [2.05, 4.69) is 35.2 Å². The Kier molecular flexibility index (Phi) is 3.13. The van der Waals surface area contributed by atoms with Crippen molar-refractivity contribution in [2.24, 2.45) is 5.73 Å². The van der Waals surface area contributed by atoms with Crippen molar-refractivity contribution in [2.45, 2.75) is 6.54 Å². The summed E-state index contributed by atoms with van der Waals surface area (Å²) in [6.07, 6.45) is 0. The largest absolute Gasteiger partial charge is 0.378 e. The normalized spacial score (nSPS) is 16.2. The average Bonchev–Trinajstić information content (AvgIpc) is 2.47. The van der Waals surface area contributed by atoms with Crippen molar-refractivity contribution in [1.29, 1.82) is 0 Å². The number of morpholine rings is 1.